The Balaban J connectivity index is 1.62. The van der Waals surface area contributed by atoms with Crippen molar-refractivity contribution in [3.05, 3.63) is 70.8 Å². The summed E-state index contributed by atoms with van der Waals surface area (Å²) >= 11 is 0. The van der Waals surface area contributed by atoms with Crippen LogP contribution in [0.3, 0.4) is 0 Å². The van der Waals surface area contributed by atoms with E-state index in [-0.39, 0.29) is 35.2 Å². The second-order valence-corrected chi connectivity index (χ2v) is 13.9. The van der Waals surface area contributed by atoms with Gasteiger partial charge < -0.3 is 30.4 Å². The van der Waals surface area contributed by atoms with Crippen molar-refractivity contribution in [2.75, 3.05) is 37.9 Å². The molecule has 4 N–H and O–H groups in total. The lowest BCUT2D eigenvalue weighted by atomic mass is 9.43. The molecular formula is C36H46N2O4. The third-order valence-corrected chi connectivity index (χ3v) is 10.2. The molecule has 4 saturated heterocycles. The van der Waals surface area contributed by atoms with E-state index in [2.05, 4.69) is 52.0 Å². The Morgan fingerprint density at radius 1 is 0.548 bits per heavy atom. The number of nitrogens with two attached hydrogens (primary N) is 2. The summed E-state index contributed by atoms with van der Waals surface area (Å²) in [7, 11) is 0. The van der Waals surface area contributed by atoms with Crippen molar-refractivity contribution in [3.63, 3.8) is 0 Å². The smallest absolute Gasteiger partial charge is 0.0818 e. The summed E-state index contributed by atoms with van der Waals surface area (Å²) in [5.74, 6) is 0.597. The van der Waals surface area contributed by atoms with Crippen molar-refractivity contribution in [2.24, 2.45) is 22.7 Å². The van der Waals surface area contributed by atoms with E-state index in [1.807, 2.05) is 24.3 Å². The van der Waals surface area contributed by atoms with E-state index in [0.717, 1.165) is 63.5 Å². The van der Waals surface area contributed by atoms with Crippen molar-refractivity contribution in [3.8, 4) is 0 Å². The number of hydrogen-bond acceptors (Lipinski definition) is 6. The van der Waals surface area contributed by atoms with E-state index in [0.29, 0.717) is 11.8 Å². The highest BCUT2D eigenvalue weighted by Crippen LogP contribution is 2.71. The summed E-state index contributed by atoms with van der Waals surface area (Å²) < 4.78 is 24.4. The van der Waals surface area contributed by atoms with E-state index in [1.165, 1.54) is 33.4 Å². The summed E-state index contributed by atoms with van der Waals surface area (Å²) in [5.41, 5.74) is 21.9. The average Bonchev–Trinajstić information content (AvgIpc) is 3.76. The van der Waals surface area contributed by atoms with E-state index in [9.17, 15) is 0 Å². The molecule has 5 aliphatic rings. The number of nitrogen functional groups attached to an aromatic ring is 2. The lowest BCUT2D eigenvalue weighted by molar-refractivity contribution is 0.0215. The highest BCUT2D eigenvalue weighted by molar-refractivity contribution is 6.09. The minimum atomic E-state index is -0.172. The minimum absolute atomic E-state index is 0.172. The van der Waals surface area contributed by atoms with Crippen LogP contribution in [0.2, 0.25) is 0 Å². The Kier molecular flexibility index (Phi) is 7.05. The molecule has 4 unspecified atom stereocenters. The lowest BCUT2D eigenvalue weighted by Gasteiger charge is -2.60. The van der Waals surface area contributed by atoms with Gasteiger partial charge in [-0.25, -0.2) is 0 Å². The average molecular weight is 571 g/mol. The van der Waals surface area contributed by atoms with E-state index < -0.39 is 0 Å². The van der Waals surface area contributed by atoms with Gasteiger partial charge in [0.05, 0.1) is 50.8 Å². The molecular weight excluding hydrogens is 524 g/mol. The van der Waals surface area contributed by atoms with Crippen molar-refractivity contribution >= 4 is 22.5 Å². The second-order valence-electron chi connectivity index (χ2n) is 13.9. The summed E-state index contributed by atoms with van der Waals surface area (Å²) in [5, 5.41) is 0. The van der Waals surface area contributed by atoms with Crippen LogP contribution < -0.4 is 11.5 Å². The van der Waals surface area contributed by atoms with Gasteiger partial charge in [-0.15, -0.1) is 0 Å². The third kappa shape index (κ3) is 5.11. The molecule has 7 rings (SSSR count). The number of ether oxygens (including phenoxy) is 4. The molecule has 0 saturated carbocycles. The number of allylic oxidation sites excluding steroid dienone is 4. The monoisotopic (exact) mass is 570 g/mol. The van der Waals surface area contributed by atoms with Crippen LogP contribution in [0, 0.1) is 22.7 Å². The van der Waals surface area contributed by atoms with Gasteiger partial charge in [0.1, 0.15) is 0 Å². The molecule has 6 nitrogen and oxygen atoms in total. The van der Waals surface area contributed by atoms with Gasteiger partial charge in [-0.2, -0.15) is 0 Å². The first kappa shape index (κ1) is 28.1. The molecule has 2 aromatic rings. The van der Waals surface area contributed by atoms with E-state index in [1.54, 1.807) is 0 Å². The van der Waals surface area contributed by atoms with Gasteiger partial charge in [0.2, 0.25) is 0 Å². The summed E-state index contributed by atoms with van der Waals surface area (Å²) in [6.07, 6.45) is 5.00. The highest BCUT2D eigenvalue weighted by atomic mass is 16.6. The Labute approximate surface area is 250 Å². The van der Waals surface area contributed by atoms with Crippen LogP contribution in [-0.2, 0) is 18.9 Å². The molecule has 0 amide bonds. The molecule has 0 aromatic heterocycles. The normalized spacial score (nSPS) is 33.5. The predicted octanol–water partition coefficient (Wildman–Crippen LogP) is 6.51. The highest BCUT2D eigenvalue weighted by Gasteiger charge is 2.64. The maximum Gasteiger partial charge on any atom is 0.0818 e. The minimum Gasteiger partial charge on any atom is -0.399 e. The molecule has 4 fully saturated rings. The Morgan fingerprint density at radius 2 is 0.810 bits per heavy atom. The Morgan fingerprint density at radius 3 is 1.02 bits per heavy atom. The molecule has 42 heavy (non-hydrogen) atoms. The first-order valence-corrected chi connectivity index (χ1v) is 15.9. The zero-order valence-electron chi connectivity index (χ0n) is 25.5. The fourth-order valence-corrected chi connectivity index (χ4v) is 8.53. The summed E-state index contributed by atoms with van der Waals surface area (Å²) in [4.78, 5) is 0. The number of hydrogen-bond donors (Lipinski definition) is 2. The van der Waals surface area contributed by atoms with Crippen LogP contribution >= 0.6 is 0 Å². The zero-order valence-corrected chi connectivity index (χ0v) is 25.5. The zero-order chi connectivity index (χ0) is 29.2. The lowest BCUT2D eigenvalue weighted by Crippen LogP contribution is -2.53. The van der Waals surface area contributed by atoms with Crippen molar-refractivity contribution < 1.29 is 18.9 Å². The fraction of sp³-hybridized carbons (Fsp3) is 0.556. The molecule has 0 radical (unpaired) electrons. The van der Waals surface area contributed by atoms with Crippen molar-refractivity contribution in [1.82, 2.24) is 0 Å². The maximum absolute atomic E-state index is 6.25. The predicted molar refractivity (Wildman–Crippen MR) is 168 cm³/mol. The van der Waals surface area contributed by atoms with Crippen LogP contribution in [0.1, 0.15) is 64.5 Å². The SMILES string of the molecule is CC(C)C1=C(c2ccc(N)cc2)C(c2ccc(N)cc2)=C(C(C)C)C(CC2CO2)(CC2CO2)C1(CC1CO1)CC1CO1. The summed E-state index contributed by atoms with van der Waals surface area (Å²) in [6.45, 7) is 12.9. The Bertz CT molecular complexity index is 1240. The van der Waals surface area contributed by atoms with Gasteiger partial charge in [-0.05, 0) is 84.1 Å². The Hall–Kier alpha value is -2.64. The molecule has 0 spiro atoms. The quantitative estimate of drug-likeness (QED) is 0.223. The molecule has 4 heterocycles. The molecule has 4 atom stereocenters. The number of anilines is 2. The molecule has 0 bridgehead atoms. The van der Waals surface area contributed by atoms with E-state index >= 15 is 0 Å². The second kappa shape index (κ2) is 10.5. The van der Waals surface area contributed by atoms with Crippen LogP contribution in [0.25, 0.3) is 11.1 Å². The third-order valence-electron chi connectivity index (χ3n) is 10.2. The van der Waals surface area contributed by atoms with Gasteiger partial charge in [0, 0.05) is 22.2 Å². The van der Waals surface area contributed by atoms with Crippen LogP contribution in [0.15, 0.2) is 59.7 Å². The van der Waals surface area contributed by atoms with E-state index in [4.69, 9.17) is 30.4 Å². The van der Waals surface area contributed by atoms with Crippen LogP contribution in [-0.4, -0.2) is 50.8 Å². The molecule has 1 aliphatic carbocycles. The van der Waals surface area contributed by atoms with Crippen LogP contribution in [0.5, 0.6) is 0 Å². The van der Waals surface area contributed by atoms with Crippen molar-refractivity contribution in [1.29, 1.82) is 0 Å². The first-order chi connectivity index (χ1) is 20.2. The summed E-state index contributed by atoms with van der Waals surface area (Å²) in [6, 6.07) is 17.1. The maximum atomic E-state index is 6.25. The molecule has 4 aliphatic heterocycles. The largest absolute Gasteiger partial charge is 0.399 e. The standard InChI is InChI=1S/C36H46N2O4/c1-21(2)33-31(23-5-9-25(37)10-6-23)32(24-7-11-26(38)12-8-24)34(22(3)4)36(15-29-19-41-29,16-30-20-42-30)35(33,13-27-17-39-27)14-28-18-40-28/h5-12,21-22,27-30H,13-20,37-38H2,1-4H3. The van der Waals surface area contributed by atoms with Crippen molar-refractivity contribution in [2.45, 2.75) is 77.8 Å². The first-order valence-electron chi connectivity index (χ1n) is 15.9. The molecule has 224 valence electrons. The van der Waals surface area contributed by atoms with Gasteiger partial charge in [-0.1, -0.05) is 63.1 Å². The van der Waals surface area contributed by atoms with Gasteiger partial charge in [0.15, 0.2) is 0 Å². The number of rotatable bonds is 12. The topological polar surface area (TPSA) is 102 Å². The fourth-order valence-electron chi connectivity index (χ4n) is 8.53. The molecule has 6 heteroatoms. The number of epoxide rings is 4. The number of benzene rings is 2. The van der Waals surface area contributed by atoms with Gasteiger partial charge >= 0.3 is 0 Å². The van der Waals surface area contributed by atoms with Crippen LogP contribution in [0.4, 0.5) is 11.4 Å². The molecule has 2 aromatic carbocycles. The van der Waals surface area contributed by atoms with Gasteiger partial charge in [0.25, 0.3) is 0 Å². The van der Waals surface area contributed by atoms with Gasteiger partial charge in [-0.3, -0.25) is 0 Å².